The molecule has 0 aromatic rings. The fourth-order valence-corrected chi connectivity index (χ4v) is 3.36. The molecule has 2 rings (SSSR count). The molecule has 20 heavy (non-hydrogen) atoms. The van der Waals surface area contributed by atoms with Crippen molar-refractivity contribution in [2.75, 3.05) is 52.5 Å². The van der Waals surface area contributed by atoms with E-state index < -0.39 is 0 Å². The number of ether oxygens (including phenoxy) is 2. The third kappa shape index (κ3) is 4.99. The lowest BCUT2D eigenvalue weighted by atomic mass is 9.81. The monoisotopic (exact) mass is 284 g/mol. The molecular formula is C16H32N2O2. The summed E-state index contributed by atoms with van der Waals surface area (Å²) < 4.78 is 11.5. The SMILES string of the molecule is CC(C)CNCC1(CN2CCOC(C)C2)CCCOC1. The number of hydrogen-bond acceptors (Lipinski definition) is 4. The summed E-state index contributed by atoms with van der Waals surface area (Å²) >= 11 is 0. The van der Waals surface area contributed by atoms with Crippen LogP contribution in [-0.4, -0.2) is 63.5 Å². The number of nitrogens with one attached hydrogen (secondary N) is 1. The van der Waals surface area contributed by atoms with E-state index in [0.29, 0.717) is 17.4 Å². The van der Waals surface area contributed by atoms with Crippen LogP contribution in [0.15, 0.2) is 0 Å². The maximum atomic E-state index is 5.81. The van der Waals surface area contributed by atoms with E-state index in [1.807, 2.05) is 0 Å². The van der Waals surface area contributed by atoms with Crippen LogP contribution in [0.4, 0.5) is 0 Å². The average Bonchev–Trinajstić information content (AvgIpc) is 2.39. The Balaban J connectivity index is 1.88. The van der Waals surface area contributed by atoms with Crippen LogP contribution < -0.4 is 5.32 Å². The van der Waals surface area contributed by atoms with Crippen molar-refractivity contribution in [3.05, 3.63) is 0 Å². The zero-order valence-corrected chi connectivity index (χ0v) is 13.5. The van der Waals surface area contributed by atoms with Crippen LogP contribution in [0.5, 0.6) is 0 Å². The molecule has 118 valence electrons. The van der Waals surface area contributed by atoms with E-state index in [1.54, 1.807) is 0 Å². The van der Waals surface area contributed by atoms with Gasteiger partial charge in [-0.05, 0) is 32.2 Å². The van der Waals surface area contributed by atoms with Gasteiger partial charge >= 0.3 is 0 Å². The first-order valence-electron chi connectivity index (χ1n) is 8.22. The number of hydrogen-bond donors (Lipinski definition) is 1. The molecule has 4 nitrogen and oxygen atoms in total. The van der Waals surface area contributed by atoms with Crippen LogP contribution in [0.3, 0.4) is 0 Å². The highest BCUT2D eigenvalue weighted by molar-refractivity contribution is 4.88. The molecule has 2 atom stereocenters. The maximum Gasteiger partial charge on any atom is 0.0674 e. The summed E-state index contributed by atoms with van der Waals surface area (Å²) in [6.07, 6.45) is 2.85. The first kappa shape index (κ1) is 16.2. The molecule has 2 unspecified atom stereocenters. The predicted molar refractivity (Wildman–Crippen MR) is 82.0 cm³/mol. The van der Waals surface area contributed by atoms with Gasteiger partial charge in [-0.15, -0.1) is 0 Å². The highest BCUT2D eigenvalue weighted by Crippen LogP contribution is 2.30. The first-order chi connectivity index (χ1) is 9.60. The zero-order chi connectivity index (χ0) is 14.4. The van der Waals surface area contributed by atoms with Gasteiger partial charge in [0.25, 0.3) is 0 Å². The smallest absolute Gasteiger partial charge is 0.0674 e. The van der Waals surface area contributed by atoms with E-state index in [-0.39, 0.29) is 0 Å². The van der Waals surface area contributed by atoms with Gasteiger partial charge in [-0.3, -0.25) is 4.90 Å². The molecule has 1 N–H and O–H groups in total. The summed E-state index contributed by atoms with van der Waals surface area (Å²) in [5.41, 5.74) is 0.296. The molecule has 2 aliphatic heterocycles. The molecule has 0 spiro atoms. The summed E-state index contributed by atoms with van der Waals surface area (Å²) in [6.45, 7) is 14.9. The molecule has 2 fully saturated rings. The Labute approximate surface area is 124 Å². The van der Waals surface area contributed by atoms with Gasteiger partial charge in [0, 0.05) is 38.2 Å². The van der Waals surface area contributed by atoms with Gasteiger partial charge in [0.05, 0.1) is 19.3 Å². The van der Waals surface area contributed by atoms with Crippen LogP contribution >= 0.6 is 0 Å². The van der Waals surface area contributed by atoms with E-state index in [0.717, 1.165) is 52.5 Å². The lowest BCUT2D eigenvalue weighted by Crippen LogP contribution is -2.52. The Bertz CT molecular complexity index is 278. The second kappa shape index (κ2) is 7.74. The summed E-state index contributed by atoms with van der Waals surface area (Å²) in [5, 5.41) is 3.66. The number of morpholine rings is 1. The van der Waals surface area contributed by atoms with E-state index in [4.69, 9.17) is 9.47 Å². The Morgan fingerprint density at radius 3 is 2.85 bits per heavy atom. The normalized spacial score (nSPS) is 32.7. The molecule has 2 saturated heterocycles. The van der Waals surface area contributed by atoms with Gasteiger partial charge in [-0.25, -0.2) is 0 Å². The van der Waals surface area contributed by atoms with E-state index >= 15 is 0 Å². The average molecular weight is 284 g/mol. The molecule has 0 aromatic carbocycles. The van der Waals surface area contributed by atoms with Crippen molar-refractivity contribution in [3.63, 3.8) is 0 Å². The minimum Gasteiger partial charge on any atom is -0.381 e. The minimum absolute atomic E-state index is 0.296. The highest BCUT2D eigenvalue weighted by atomic mass is 16.5. The van der Waals surface area contributed by atoms with Crippen molar-refractivity contribution in [2.24, 2.45) is 11.3 Å². The molecule has 0 radical (unpaired) electrons. The lowest BCUT2D eigenvalue weighted by Gasteiger charge is -2.43. The summed E-state index contributed by atoms with van der Waals surface area (Å²) in [4.78, 5) is 2.57. The van der Waals surface area contributed by atoms with Crippen molar-refractivity contribution >= 4 is 0 Å². The largest absolute Gasteiger partial charge is 0.381 e. The molecule has 4 heteroatoms. The van der Waals surface area contributed by atoms with Crippen LogP contribution in [-0.2, 0) is 9.47 Å². The van der Waals surface area contributed by atoms with Crippen LogP contribution in [0.2, 0.25) is 0 Å². The van der Waals surface area contributed by atoms with E-state index in [1.165, 1.54) is 12.8 Å². The molecule has 0 bridgehead atoms. The van der Waals surface area contributed by atoms with Gasteiger partial charge in [-0.1, -0.05) is 13.8 Å². The van der Waals surface area contributed by atoms with Crippen molar-refractivity contribution in [1.29, 1.82) is 0 Å². The zero-order valence-electron chi connectivity index (χ0n) is 13.5. The molecule has 0 aliphatic carbocycles. The van der Waals surface area contributed by atoms with Gasteiger partial charge in [-0.2, -0.15) is 0 Å². The quantitative estimate of drug-likeness (QED) is 0.806. The summed E-state index contributed by atoms with van der Waals surface area (Å²) in [5.74, 6) is 0.708. The Kier molecular flexibility index (Phi) is 6.27. The van der Waals surface area contributed by atoms with Crippen LogP contribution in [0.1, 0.15) is 33.6 Å². The minimum atomic E-state index is 0.296. The maximum absolute atomic E-state index is 5.81. The topological polar surface area (TPSA) is 33.7 Å². The fraction of sp³-hybridized carbons (Fsp3) is 1.00. The lowest BCUT2D eigenvalue weighted by molar-refractivity contribution is -0.0640. The second-order valence-corrected chi connectivity index (χ2v) is 7.10. The predicted octanol–water partition coefficient (Wildman–Crippen LogP) is 1.75. The van der Waals surface area contributed by atoms with Crippen molar-refractivity contribution in [3.8, 4) is 0 Å². The molecule has 0 amide bonds. The Morgan fingerprint density at radius 2 is 2.20 bits per heavy atom. The molecule has 0 aromatic heterocycles. The first-order valence-corrected chi connectivity index (χ1v) is 8.22. The summed E-state index contributed by atoms with van der Waals surface area (Å²) in [7, 11) is 0. The molecule has 2 heterocycles. The van der Waals surface area contributed by atoms with Crippen LogP contribution in [0.25, 0.3) is 0 Å². The fourth-order valence-electron chi connectivity index (χ4n) is 3.36. The van der Waals surface area contributed by atoms with Gasteiger partial charge in [0.15, 0.2) is 0 Å². The number of rotatable bonds is 6. The highest BCUT2D eigenvalue weighted by Gasteiger charge is 2.35. The Hall–Kier alpha value is -0.160. The van der Waals surface area contributed by atoms with Crippen LogP contribution in [0, 0.1) is 11.3 Å². The molecular weight excluding hydrogens is 252 g/mol. The standard InChI is InChI=1S/C16H32N2O2/c1-14(2)9-17-11-16(5-4-7-19-13-16)12-18-6-8-20-15(3)10-18/h14-15,17H,4-13H2,1-3H3. The summed E-state index contributed by atoms with van der Waals surface area (Å²) in [6, 6.07) is 0. The van der Waals surface area contributed by atoms with Gasteiger partial charge < -0.3 is 14.8 Å². The van der Waals surface area contributed by atoms with E-state index in [2.05, 4.69) is 31.0 Å². The van der Waals surface area contributed by atoms with E-state index in [9.17, 15) is 0 Å². The van der Waals surface area contributed by atoms with Gasteiger partial charge in [0.2, 0.25) is 0 Å². The Morgan fingerprint density at radius 1 is 1.35 bits per heavy atom. The third-order valence-electron chi connectivity index (χ3n) is 4.34. The molecule has 2 aliphatic rings. The second-order valence-electron chi connectivity index (χ2n) is 7.10. The van der Waals surface area contributed by atoms with Crippen molar-refractivity contribution < 1.29 is 9.47 Å². The molecule has 0 saturated carbocycles. The third-order valence-corrected chi connectivity index (χ3v) is 4.34. The van der Waals surface area contributed by atoms with Crippen molar-refractivity contribution in [2.45, 2.75) is 39.7 Å². The van der Waals surface area contributed by atoms with Crippen molar-refractivity contribution in [1.82, 2.24) is 10.2 Å². The number of nitrogens with zero attached hydrogens (tertiary/aromatic N) is 1. The van der Waals surface area contributed by atoms with Gasteiger partial charge in [0.1, 0.15) is 0 Å².